The summed E-state index contributed by atoms with van der Waals surface area (Å²) in [6.07, 6.45) is 8.84. The molecular formula is C14H17OP. The molecule has 1 aliphatic carbocycles. The maximum atomic E-state index is 5.15. The predicted octanol–water partition coefficient (Wildman–Crippen LogP) is 3.13. The van der Waals surface area contributed by atoms with Gasteiger partial charge in [0.2, 0.25) is 0 Å². The van der Waals surface area contributed by atoms with Crippen LogP contribution in [-0.4, -0.2) is 12.8 Å². The third-order valence-electron chi connectivity index (χ3n) is 2.84. The molecule has 0 radical (unpaired) electrons. The third kappa shape index (κ3) is 2.74. The van der Waals surface area contributed by atoms with E-state index < -0.39 is 0 Å². The maximum absolute atomic E-state index is 5.15. The van der Waals surface area contributed by atoms with Gasteiger partial charge in [0, 0.05) is 5.92 Å². The van der Waals surface area contributed by atoms with Crippen molar-refractivity contribution in [3.05, 3.63) is 48.6 Å². The summed E-state index contributed by atoms with van der Waals surface area (Å²) in [5.74, 6) is 1.54. The highest BCUT2D eigenvalue weighted by molar-refractivity contribution is 7.48. The molecule has 0 amide bonds. The number of methoxy groups -OCH3 is 1. The van der Waals surface area contributed by atoms with E-state index in [1.54, 1.807) is 7.11 Å². The molecule has 2 rings (SSSR count). The smallest absolute Gasteiger partial charge is 0.118 e. The van der Waals surface area contributed by atoms with Crippen molar-refractivity contribution >= 4 is 13.9 Å². The molecule has 0 saturated heterocycles. The maximum Gasteiger partial charge on any atom is 0.118 e. The van der Waals surface area contributed by atoms with Crippen LogP contribution in [-0.2, 0) is 0 Å². The zero-order chi connectivity index (χ0) is 11.4. The molecule has 0 bridgehead atoms. The first kappa shape index (κ1) is 11.4. The molecule has 0 aromatic heterocycles. The van der Waals surface area contributed by atoms with Crippen molar-refractivity contribution in [2.45, 2.75) is 12.6 Å². The Bertz CT molecular complexity index is 380. The van der Waals surface area contributed by atoms with Crippen molar-refractivity contribution in [1.29, 1.82) is 0 Å². The lowest BCUT2D eigenvalue weighted by Crippen LogP contribution is -2.10. The first-order valence-corrected chi connectivity index (χ1v) is 6.63. The van der Waals surface area contributed by atoms with Gasteiger partial charge in [-0.15, -0.1) is 0 Å². The van der Waals surface area contributed by atoms with E-state index in [0.717, 1.165) is 14.3 Å². The quantitative estimate of drug-likeness (QED) is 0.725. The molecule has 16 heavy (non-hydrogen) atoms. The Hall–Kier alpha value is -1.07. The van der Waals surface area contributed by atoms with Crippen molar-refractivity contribution in [3.63, 3.8) is 0 Å². The second-order valence-electron chi connectivity index (χ2n) is 4.01. The Balaban J connectivity index is 1.97. The molecule has 2 heteroatoms. The molecule has 0 fully saturated rings. The molecule has 1 aromatic carbocycles. The second-order valence-corrected chi connectivity index (χ2v) is 5.79. The van der Waals surface area contributed by atoms with Crippen LogP contribution in [0.3, 0.4) is 0 Å². The summed E-state index contributed by atoms with van der Waals surface area (Å²) in [6, 6.07) is 8.40. The molecule has 1 aromatic rings. The Labute approximate surface area is 99.0 Å². The molecule has 0 heterocycles. The summed E-state index contributed by atoms with van der Waals surface area (Å²) in [7, 11) is 2.55. The van der Waals surface area contributed by atoms with E-state index in [9.17, 15) is 0 Å². The Morgan fingerprint density at radius 1 is 1.12 bits per heavy atom. The normalized spacial score (nSPS) is 17.4. The van der Waals surface area contributed by atoms with E-state index in [1.807, 2.05) is 12.1 Å². The van der Waals surface area contributed by atoms with Crippen LogP contribution in [0.2, 0.25) is 0 Å². The second kappa shape index (κ2) is 5.32. The molecule has 0 N–H and O–H groups in total. The molecule has 2 atom stereocenters. The van der Waals surface area contributed by atoms with Gasteiger partial charge in [-0.2, -0.15) is 0 Å². The third-order valence-corrected chi connectivity index (χ3v) is 4.35. The summed E-state index contributed by atoms with van der Waals surface area (Å²) in [5, 5.41) is 1.40. The van der Waals surface area contributed by atoms with Gasteiger partial charge >= 0.3 is 0 Å². The van der Waals surface area contributed by atoms with Crippen molar-refractivity contribution in [2.75, 3.05) is 7.11 Å². The van der Waals surface area contributed by atoms with Gasteiger partial charge in [-0.1, -0.05) is 51.9 Å². The lowest BCUT2D eigenvalue weighted by atomic mass is 10.1. The van der Waals surface area contributed by atoms with Gasteiger partial charge in [0.1, 0.15) is 5.75 Å². The van der Waals surface area contributed by atoms with Gasteiger partial charge in [0.05, 0.1) is 7.11 Å². The number of hydrogen-bond donors (Lipinski definition) is 0. The van der Waals surface area contributed by atoms with Gasteiger partial charge in [0.15, 0.2) is 0 Å². The first-order chi connectivity index (χ1) is 7.79. The SMILES string of the molecule is COc1ccc(PC(C)C2C=CC=C2)cc1. The minimum absolute atomic E-state index is 0.612. The van der Waals surface area contributed by atoms with Crippen molar-refractivity contribution in [3.8, 4) is 5.75 Å². The monoisotopic (exact) mass is 232 g/mol. The molecule has 0 saturated carbocycles. The van der Waals surface area contributed by atoms with Crippen LogP contribution < -0.4 is 10.0 Å². The average molecular weight is 232 g/mol. The Morgan fingerprint density at radius 3 is 2.31 bits per heavy atom. The molecule has 0 aliphatic heterocycles. The Kier molecular flexibility index (Phi) is 3.79. The van der Waals surface area contributed by atoms with Gasteiger partial charge < -0.3 is 4.74 Å². The average Bonchev–Trinajstić information content (AvgIpc) is 2.83. The van der Waals surface area contributed by atoms with Crippen LogP contribution in [0.25, 0.3) is 0 Å². The van der Waals surface area contributed by atoms with Crippen LogP contribution in [0.15, 0.2) is 48.6 Å². The summed E-state index contributed by atoms with van der Waals surface area (Å²) >= 11 is 0. The molecule has 1 aliphatic rings. The van der Waals surface area contributed by atoms with Crippen molar-refractivity contribution in [1.82, 2.24) is 0 Å². The molecule has 84 valence electrons. The van der Waals surface area contributed by atoms with E-state index in [4.69, 9.17) is 4.74 Å². The van der Waals surface area contributed by atoms with Gasteiger partial charge in [0.25, 0.3) is 0 Å². The van der Waals surface area contributed by atoms with E-state index in [-0.39, 0.29) is 0 Å². The highest BCUT2D eigenvalue weighted by Crippen LogP contribution is 2.29. The minimum Gasteiger partial charge on any atom is -0.497 e. The lowest BCUT2D eigenvalue weighted by Gasteiger charge is -2.16. The first-order valence-electron chi connectivity index (χ1n) is 5.55. The zero-order valence-corrected chi connectivity index (χ0v) is 10.7. The number of hydrogen-bond acceptors (Lipinski definition) is 1. The van der Waals surface area contributed by atoms with Gasteiger partial charge in [-0.05, 0) is 23.1 Å². The van der Waals surface area contributed by atoms with Gasteiger partial charge in [-0.3, -0.25) is 0 Å². The summed E-state index contributed by atoms with van der Waals surface area (Å²) in [5.41, 5.74) is 0.684. The van der Waals surface area contributed by atoms with Gasteiger partial charge in [-0.25, -0.2) is 0 Å². The standard InChI is InChI=1S/C14H17OP/c1-11(12-5-3-4-6-12)16-14-9-7-13(15-2)8-10-14/h3-12,16H,1-2H3. The zero-order valence-electron chi connectivity index (χ0n) is 9.68. The van der Waals surface area contributed by atoms with Crippen LogP contribution in [0, 0.1) is 5.92 Å². The molecular weight excluding hydrogens is 215 g/mol. The Morgan fingerprint density at radius 2 is 1.75 bits per heavy atom. The fourth-order valence-corrected chi connectivity index (χ4v) is 3.13. The minimum atomic E-state index is 0.612. The van der Waals surface area contributed by atoms with E-state index in [0.29, 0.717) is 11.6 Å². The number of rotatable bonds is 4. The lowest BCUT2D eigenvalue weighted by molar-refractivity contribution is 0.415. The number of benzene rings is 1. The summed E-state index contributed by atoms with van der Waals surface area (Å²) < 4.78 is 5.15. The molecule has 0 spiro atoms. The largest absolute Gasteiger partial charge is 0.497 e. The van der Waals surface area contributed by atoms with Crippen molar-refractivity contribution < 1.29 is 4.74 Å². The fraction of sp³-hybridized carbons (Fsp3) is 0.286. The highest BCUT2D eigenvalue weighted by atomic mass is 31.1. The topological polar surface area (TPSA) is 9.23 Å². The van der Waals surface area contributed by atoms with E-state index in [2.05, 4.69) is 43.4 Å². The fourth-order valence-electron chi connectivity index (χ4n) is 1.83. The number of allylic oxidation sites excluding steroid dienone is 4. The molecule has 2 unspecified atom stereocenters. The van der Waals surface area contributed by atoms with E-state index in [1.165, 1.54) is 5.30 Å². The summed E-state index contributed by atoms with van der Waals surface area (Å²) in [6.45, 7) is 2.31. The highest BCUT2D eigenvalue weighted by Gasteiger charge is 2.13. The summed E-state index contributed by atoms with van der Waals surface area (Å²) in [4.78, 5) is 0. The number of ether oxygens (including phenoxy) is 1. The predicted molar refractivity (Wildman–Crippen MR) is 72.2 cm³/mol. The van der Waals surface area contributed by atoms with Crippen molar-refractivity contribution in [2.24, 2.45) is 5.92 Å². The van der Waals surface area contributed by atoms with Crippen LogP contribution >= 0.6 is 8.58 Å². The van der Waals surface area contributed by atoms with Crippen LogP contribution in [0.4, 0.5) is 0 Å². The van der Waals surface area contributed by atoms with Crippen LogP contribution in [0.5, 0.6) is 5.75 Å². The van der Waals surface area contributed by atoms with Crippen LogP contribution in [0.1, 0.15) is 6.92 Å². The van der Waals surface area contributed by atoms with E-state index >= 15 is 0 Å². The molecule has 1 nitrogen and oxygen atoms in total.